The third kappa shape index (κ3) is 3.38. The van der Waals surface area contributed by atoms with E-state index in [9.17, 15) is 13.2 Å². The van der Waals surface area contributed by atoms with Crippen molar-refractivity contribution in [3.8, 4) is 0 Å². The number of carbonyl (C=O) groups excluding carboxylic acids is 1. The molecule has 0 saturated carbocycles. The lowest BCUT2D eigenvalue weighted by Crippen LogP contribution is -2.20. The van der Waals surface area contributed by atoms with Gasteiger partial charge in [0.05, 0.1) is 23.7 Å². The lowest BCUT2D eigenvalue weighted by molar-refractivity contribution is 0.0269. The first-order valence-electron chi connectivity index (χ1n) is 5.90. The van der Waals surface area contributed by atoms with Crippen LogP contribution in [0.3, 0.4) is 0 Å². The van der Waals surface area contributed by atoms with Gasteiger partial charge in [0.25, 0.3) is 0 Å². The number of esters is 1. The van der Waals surface area contributed by atoms with Crippen LogP contribution in [0.25, 0.3) is 0 Å². The van der Waals surface area contributed by atoms with Crippen LogP contribution in [0.5, 0.6) is 0 Å². The largest absolute Gasteiger partial charge is 0.456 e. The summed E-state index contributed by atoms with van der Waals surface area (Å²) in [6.45, 7) is 2.61. The second-order valence-electron chi connectivity index (χ2n) is 4.51. The zero-order valence-corrected chi connectivity index (χ0v) is 13.2. The molecule has 1 unspecified atom stereocenters. The molecule has 0 bridgehead atoms. The van der Waals surface area contributed by atoms with Crippen LogP contribution >= 0.6 is 15.9 Å². The molecule has 0 spiro atoms. The second-order valence-corrected chi connectivity index (χ2v) is 6.93. The van der Waals surface area contributed by atoms with Crippen LogP contribution in [-0.4, -0.2) is 33.7 Å². The molecule has 2 rings (SSSR count). The number of primary sulfonamides is 1. The molecule has 1 aromatic rings. The number of nitrogens with two attached hydrogens (primary N) is 1. The van der Waals surface area contributed by atoms with E-state index in [0.29, 0.717) is 29.7 Å². The Kier molecular flexibility index (Phi) is 4.48. The van der Waals surface area contributed by atoms with Gasteiger partial charge >= 0.3 is 5.97 Å². The van der Waals surface area contributed by atoms with E-state index in [4.69, 9.17) is 14.6 Å². The minimum absolute atomic E-state index is 0.135. The van der Waals surface area contributed by atoms with Crippen molar-refractivity contribution >= 4 is 31.9 Å². The molecule has 1 saturated heterocycles. The SMILES string of the molecule is Cc1c(Br)cc(S(N)(=O)=O)cc1C(=O)OC1CCOC1. The summed E-state index contributed by atoms with van der Waals surface area (Å²) >= 11 is 3.22. The summed E-state index contributed by atoms with van der Waals surface area (Å²) in [5.74, 6) is -0.579. The van der Waals surface area contributed by atoms with Gasteiger partial charge in [-0.1, -0.05) is 15.9 Å². The molecule has 1 aliphatic heterocycles. The van der Waals surface area contributed by atoms with Gasteiger partial charge in [-0.15, -0.1) is 0 Å². The summed E-state index contributed by atoms with van der Waals surface area (Å²) in [7, 11) is -3.89. The summed E-state index contributed by atoms with van der Waals surface area (Å²) < 4.78 is 33.7. The third-order valence-corrected chi connectivity index (χ3v) is 4.74. The summed E-state index contributed by atoms with van der Waals surface area (Å²) in [4.78, 5) is 12.0. The van der Waals surface area contributed by atoms with Crippen molar-refractivity contribution in [3.63, 3.8) is 0 Å². The topological polar surface area (TPSA) is 95.7 Å². The van der Waals surface area contributed by atoms with Gasteiger partial charge in [0.15, 0.2) is 0 Å². The minimum Gasteiger partial charge on any atom is -0.456 e. The highest BCUT2D eigenvalue weighted by Gasteiger charge is 2.24. The molecule has 20 heavy (non-hydrogen) atoms. The van der Waals surface area contributed by atoms with E-state index in [1.165, 1.54) is 12.1 Å². The molecule has 1 aromatic carbocycles. The Labute approximate surface area is 125 Å². The van der Waals surface area contributed by atoms with Gasteiger partial charge in [-0.3, -0.25) is 0 Å². The molecule has 0 aromatic heterocycles. The van der Waals surface area contributed by atoms with E-state index in [2.05, 4.69) is 15.9 Å². The predicted octanol–water partition coefficient (Wildman–Crippen LogP) is 1.35. The van der Waals surface area contributed by atoms with Gasteiger partial charge in [0, 0.05) is 10.9 Å². The molecular formula is C12H14BrNO5S. The molecule has 1 aliphatic rings. The second kappa shape index (κ2) is 5.80. The van der Waals surface area contributed by atoms with Crippen molar-refractivity contribution in [2.24, 2.45) is 5.14 Å². The molecule has 1 heterocycles. The van der Waals surface area contributed by atoms with Gasteiger partial charge in [-0.2, -0.15) is 0 Å². The average Bonchev–Trinajstić information content (AvgIpc) is 2.83. The quantitative estimate of drug-likeness (QED) is 0.817. The van der Waals surface area contributed by atoms with E-state index in [1.807, 2.05) is 0 Å². The molecule has 2 N–H and O–H groups in total. The van der Waals surface area contributed by atoms with Crippen molar-refractivity contribution in [3.05, 3.63) is 27.7 Å². The Morgan fingerprint density at radius 2 is 2.20 bits per heavy atom. The summed E-state index contributed by atoms with van der Waals surface area (Å²) in [5.41, 5.74) is 0.775. The van der Waals surface area contributed by atoms with Gasteiger partial charge in [0.1, 0.15) is 6.10 Å². The maximum absolute atomic E-state index is 12.1. The van der Waals surface area contributed by atoms with Gasteiger partial charge in [-0.05, 0) is 24.6 Å². The van der Waals surface area contributed by atoms with Gasteiger partial charge < -0.3 is 9.47 Å². The third-order valence-electron chi connectivity index (χ3n) is 3.03. The minimum atomic E-state index is -3.89. The molecular weight excluding hydrogens is 350 g/mol. The molecule has 8 heteroatoms. The fourth-order valence-corrected chi connectivity index (χ4v) is 3.03. The number of carbonyl (C=O) groups is 1. The zero-order chi connectivity index (χ0) is 14.9. The Hall–Kier alpha value is -0.960. The van der Waals surface area contributed by atoms with E-state index < -0.39 is 16.0 Å². The average molecular weight is 364 g/mol. The maximum atomic E-state index is 12.1. The fraction of sp³-hybridized carbons (Fsp3) is 0.417. The Bertz CT molecular complexity index is 637. The molecule has 0 aliphatic carbocycles. The normalized spacial score (nSPS) is 19.1. The Balaban J connectivity index is 2.34. The highest BCUT2D eigenvalue weighted by atomic mass is 79.9. The summed E-state index contributed by atoms with van der Waals surface area (Å²) in [6, 6.07) is 2.59. The van der Waals surface area contributed by atoms with Gasteiger partial charge in [-0.25, -0.2) is 18.4 Å². The van der Waals surface area contributed by atoms with Crippen molar-refractivity contribution in [2.75, 3.05) is 13.2 Å². The summed E-state index contributed by atoms with van der Waals surface area (Å²) in [5, 5.41) is 5.09. The first-order valence-corrected chi connectivity index (χ1v) is 8.24. The van der Waals surface area contributed by atoms with E-state index in [0.717, 1.165) is 0 Å². The van der Waals surface area contributed by atoms with Crippen LogP contribution < -0.4 is 5.14 Å². The van der Waals surface area contributed by atoms with Crippen LogP contribution in [-0.2, 0) is 19.5 Å². The van der Waals surface area contributed by atoms with Crippen molar-refractivity contribution in [1.82, 2.24) is 0 Å². The smallest absolute Gasteiger partial charge is 0.338 e. The van der Waals surface area contributed by atoms with Gasteiger partial charge in [0.2, 0.25) is 10.0 Å². The maximum Gasteiger partial charge on any atom is 0.338 e. The van der Waals surface area contributed by atoms with Crippen LogP contribution in [0.2, 0.25) is 0 Å². The fourth-order valence-electron chi connectivity index (χ4n) is 1.85. The lowest BCUT2D eigenvalue weighted by Gasteiger charge is -2.13. The molecule has 110 valence electrons. The first-order chi connectivity index (χ1) is 9.29. The van der Waals surface area contributed by atoms with E-state index in [-0.39, 0.29) is 16.6 Å². The highest BCUT2D eigenvalue weighted by Crippen LogP contribution is 2.25. The molecule has 0 amide bonds. The van der Waals surface area contributed by atoms with Crippen molar-refractivity contribution < 1.29 is 22.7 Å². The Morgan fingerprint density at radius 3 is 2.75 bits per heavy atom. The van der Waals surface area contributed by atoms with Crippen LogP contribution in [0, 0.1) is 6.92 Å². The predicted molar refractivity (Wildman–Crippen MR) is 74.9 cm³/mol. The van der Waals surface area contributed by atoms with Crippen LogP contribution in [0.1, 0.15) is 22.3 Å². The van der Waals surface area contributed by atoms with Crippen LogP contribution in [0.4, 0.5) is 0 Å². The first kappa shape index (κ1) is 15.4. The summed E-state index contributed by atoms with van der Waals surface area (Å²) in [6.07, 6.45) is 0.347. The number of benzene rings is 1. The van der Waals surface area contributed by atoms with Crippen molar-refractivity contribution in [2.45, 2.75) is 24.3 Å². The number of ether oxygens (including phenoxy) is 2. The zero-order valence-electron chi connectivity index (χ0n) is 10.8. The molecule has 1 atom stereocenters. The molecule has 6 nitrogen and oxygen atoms in total. The highest BCUT2D eigenvalue weighted by molar-refractivity contribution is 9.10. The number of halogens is 1. The number of rotatable bonds is 3. The monoisotopic (exact) mass is 363 g/mol. The molecule has 0 radical (unpaired) electrons. The number of sulfonamides is 1. The van der Waals surface area contributed by atoms with E-state index >= 15 is 0 Å². The Morgan fingerprint density at radius 1 is 1.50 bits per heavy atom. The lowest BCUT2D eigenvalue weighted by atomic mass is 10.1. The molecule has 1 fully saturated rings. The standard InChI is InChI=1S/C12H14BrNO5S/c1-7-10(12(15)19-8-2-3-18-6-8)4-9(5-11(7)13)20(14,16)17/h4-5,8H,2-3,6H2,1H3,(H2,14,16,17). The number of hydrogen-bond acceptors (Lipinski definition) is 5. The number of hydrogen-bond donors (Lipinski definition) is 1. The van der Waals surface area contributed by atoms with E-state index in [1.54, 1.807) is 6.92 Å². The van der Waals surface area contributed by atoms with Crippen LogP contribution in [0.15, 0.2) is 21.5 Å². The van der Waals surface area contributed by atoms with Crippen molar-refractivity contribution in [1.29, 1.82) is 0 Å².